The smallest absolute Gasteiger partial charge is 0.336 e. The Hall–Kier alpha value is -3.39. The van der Waals surface area contributed by atoms with Crippen molar-refractivity contribution in [3.8, 4) is 11.5 Å². The Morgan fingerprint density at radius 2 is 1.73 bits per heavy atom. The number of furan rings is 1. The minimum atomic E-state index is -0.508. The summed E-state index contributed by atoms with van der Waals surface area (Å²) in [5.74, 6) is 1.36. The lowest BCUT2D eigenvalue weighted by Gasteiger charge is -2.26. The minimum Gasteiger partial charge on any atom is -0.497 e. The molecule has 0 bridgehead atoms. The fourth-order valence-electron chi connectivity index (χ4n) is 3.82. The average molecular weight is 423 g/mol. The van der Waals surface area contributed by atoms with Gasteiger partial charge in [0.15, 0.2) is 11.2 Å². The van der Waals surface area contributed by atoms with Gasteiger partial charge < -0.3 is 18.3 Å². The van der Waals surface area contributed by atoms with Crippen molar-refractivity contribution in [2.45, 2.75) is 5.37 Å². The summed E-state index contributed by atoms with van der Waals surface area (Å²) >= 11 is 1.53. The van der Waals surface area contributed by atoms with E-state index in [1.807, 2.05) is 24.3 Å². The summed E-state index contributed by atoms with van der Waals surface area (Å²) in [4.78, 5) is 26.7. The third kappa shape index (κ3) is 2.75. The zero-order valence-corrected chi connectivity index (χ0v) is 17.0. The van der Waals surface area contributed by atoms with Crippen molar-refractivity contribution < 1.29 is 23.1 Å². The summed E-state index contributed by atoms with van der Waals surface area (Å²) in [5, 5.41) is 1.07. The molecule has 1 amide bonds. The SMILES string of the molecule is COc1ccc(C2SCC(=O)N2c2c3ccoc3c(OC)c3oc(=O)ccc23)cc1. The third-order valence-electron chi connectivity index (χ3n) is 5.14. The predicted octanol–water partition coefficient (Wildman–Crippen LogP) is 4.34. The molecule has 7 nitrogen and oxygen atoms in total. The molecule has 3 heterocycles. The van der Waals surface area contributed by atoms with E-state index in [-0.39, 0.29) is 16.9 Å². The summed E-state index contributed by atoms with van der Waals surface area (Å²) in [6.07, 6.45) is 1.53. The van der Waals surface area contributed by atoms with Gasteiger partial charge in [0.05, 0.1) is 31.9 Å². The van der Waals surface area contributed by atoms with Crippen molar-refractivity contribution in [2.24, 2.45) is 0 Å². The molecule has 1 atom stereocenters. The van der Waals surface area contributed by atoms with E-state index in [1.165, 1.54) is 31.2 Å². The van der Waals surface area contributed by atoms with Gasteiger partial charge in [0.25, 0.3) is 0 Å². The summed E-state index contributed by atoms with van der Waals surface area (Å²) in [6, 6.07) is 12.4. The van der Waals surface area contributed by atoms with Crippen LogP contribution in [0.25, 0.3) is 21.9 Å². The average Bonchev–Trinajstić information content (AvgIpc) is 3.39. The zero-order chi connectivity index (χ0) is 20.8. The molecule has 5 rings (SSSR count). The van der Waals surface area contributed by atoms with Gasteiger partial charge in [-0.1, -0.05) is 12.1 Å². The van der Waals surface area contributed by atoms with Crippen molar-refractivity contribution >= 4 is 45.3 Å². The first-order valence-electron chi connectivity index (χ1n) is 9.21. The number of carbonyl (C=O) groups is 1. The lowest BCUT2D eigenvalue weighted by Crippen LogP contribution is -2.28. The third-order valence-corrected chi connectivity index (χ3v) is 6.35. The highest BCUT2D eigenvalue weighted by Crippen LogP contribution is 2.49. The normalized spacial score (nSPS) is 16.5. The fourth-order valence-corrected chi connectivity index (χ4v) is 4.98. The topological polar surface area (TPSA) is 82.1 Å². The van der Waals surface area contributed by atoms with Crippen LogP contribution in [0.5, 0.6) is 11.5 Å². The van der Waals surface area contributed by atoms with E-state index in [2.05, 4.69) is 0 Å². The molecule has 1 aliphatic rings. The number of benzene rings is 2. The molecule has 152 valence electrons. The molecule has 1 fully saturated rings. The van der Waals surface area contributed by atoms with E-state index < -0.39 is 5.63 Å². The van der Waals surface area contributed by atoms with Gasteiger partial charge in [-0.2, -0.15) is 0 Å². The highest BCUT2D eigenvalue weighted by atomic mass is 32.2. The van der Waals surface area contributed by atoms with Crippen LogP contribution in [0.2, 0.25) is 0 Å². The summed E-state index contributed by atoms with van der Waals surface area (Å²) < 4.78 is 21.8. The van der Waals surface area contributed by atoms with Crippen molar-refractivity contribution in [1.82, 2.24) is 0 Å². The van der Waals surface area contributed by atoms with Crippen LogP contribution < -0.4 is 20.0 Å². The van der Waals surface area contributed by atoms with Gasteiger partial charge in [-0.05, 0) is 29.8 Å². The first-order chi connectivity index (χ1) is 14.6. The van der Waals surface area contributed by atoms with E-state index in [9.17, 15) is 9.59 Å². The summed E-state index contributed by atoms with van der Waals surface area (Å²) in [5.41, 5.74) is 1.76. The van der Waals surface area contributed by atoms with E-state index in [0.29, 0.717) is 33.5 Å². The van der Waals surface area contributed by atoms with E-state index >= 15 is 0 Å². The van der Waals surface area contributed by atoms with Gasteiger partial charge in [0.2, 0.25) is 11.7 Å². The van der Waals surface area contributed by atoms with Crippen molar-refractivity contribution in [3.63, 3.8) is 0 Å². The Bertz CT molecular complexity index is 1320. The molecule has 0 aliphatic carbocycles. The quantitative estimate of drug-likeness (QED) is 0.452. The summed E-state index contributed by atoms with van der Waals surface area (Å²) in [7, 11) is 3.10. The molecule has 1 saturated heterocycles. The lowest BCUT2D eigenvalue weighted by molar-refractivity contribution is -0.115. The van der Waals surface area contributed by atoms with Gasteiger partial charge in [-0.25, -0.2) is 4.79 Å². The molecule has 1 unspecified atom stereocenters. The van der Waals surface area contributed by atoms with Gasteiger partial charge in [0, 0.05) is 16.8 Å². The van der Waals surface area contributed by atoms with Crippen LogP contribution in [-0.2, 0) is 4.79 Å². The van der Waals surface area contributed by atoms with Gasteiger partial charge in [0.1, 0.15) is 11.1 Å². The van der Waals surface area contributed by atoms with E-state index in [0.717, 1.165) is 11.3 Å². The number of nitrogens with zero attached hydrogens (tertiary/aromatic N) is 1. The Morgan fingerprint density at radius 1 is 0.967 bits per heavy atom. The molecule has 0 saturated carbocycles. The Morgan fingerprint density at radius 3 is 2.47 bits per heavy atom. The molecule has 2 aromatic carbocycles. The maximum atomic E-state index is 13.0. The number of methoxy groups -OCH3 is 2. The number of rotatable bonds is 4. The second-order valence-corrected chi connectivity index (χ2v) is 7.81. The van der Waals surface area contributed by atoms with E-state index in [1.54, 1.807) is 24.1 Å². The molecule has 30 heavy (non-hydrogen) atoms. The molecule has 8 heteroatoms. The zero-order valence-electron chi connectivity index (χ0n) is 16.2. The number of ether oxygens (including phenoxy) is 2. The maximum absolute atomic E-state index is 13.0. The fraction of sp³-hybridized carbons (Fsp3) is 0.182. The highest BCUT2D eigenvalue weighted by molar-refractivity contribution is 8.00. The number of amides is 1. The number of hydrogen-bond donors (Lipinski definition) is 0. The minimum absolute atomic E-state index is 0.0408. The van der Waals surface area contributed by atoms with Crippen molar-refractivity contribution in [2.75, 3.05) is 24.9 Å². The number of carbonyl (C=O) groups excluding carboxylic acids is 1. The second-order valence-electron chi connectivity index (χ2n) is 6.74. The molecule has 0 radical (unpaired) electrons. The van der Waals surface area contributed by atoms with Crippen molar-refractivity contribution in [1.29, 1.82) is 0 Å². The first kappa shape index (κ1) is 18.6. The van der Waals surface area contributed by atoms with Crippen LogP contribution in [0.3, 0.4) is 0 Å². The van der Waals surface area contributed by atoms with Crippen molar-refractivity contribution in [3.05, 3.63) is 64.7 Å². The summed E-state index contributed by atoms with van der Waals surface area (Å²) in [6.45, 7) is 0. The standard InChI is InChI=1S/C22H17NO6S/c1-26-13-5-3-12(4-6-13)22-23(16(24)11-30-22)18-14-7-8-17(25)29-20(14)21(27-2)19-15(18)9-10-28-19/h3-10,22H,11H2,1-2H3. The van der Waals surface area contributed by atoms with Crippen LogP contribution in [0, 0.1) is 0 Å². The second kappa shape index (κ2) is 7.14. The molecular formula is C22H17NO6S. The Kier molecular flexibility index (Phi) is 4.43. The number of hydrogen-bond acceptors (Lipinski definition) is 7. The molecule has 1 aliphatic heterocycles. The van der Waals surface area contributed by atoms with Crippen LogP contribution in [0.15, 0.2) is 62.4 Å². The van der Waals surface area contributed by atoms with Crippen LogP contribution in [0.4, 0.5) is 5.69 Å². The Labute approximate surface area is 175 Å². The van der Waals surface area contributed by atoms with Gasteiger partial charge in [-0.15, -0.1) is 11.8 Å². The van der Waals surface area contributed by atoms with Gasteiger partial charge in [-0.3, -0.25) is 9.69 Å². The monoisotopic (exact) mass is 423 g/mol. The van der Waals surface area contributed by atoms with E-state index in [4.69, 9.17) is 18.3 Å². The molecule has 0 spiro atoms. The van der Waals surface area contributed by atoms with Crippen LogP contribution in [-0.4, -0.2) is 25.9 Å². The maximum Gasteiger partial charge on any atom is 0.336 e. The van der Waals surface area contributed by atoms with Gasteiger partial charge >= 0.3 is 5.63 Å². The lowest BCUT2D eigenvalue weighted by atomic mass is 10.1. The number of anilines is 1. The molecule has 2 aromatic heterocycles. The number of thioether (sulfide) groups is 1. The highest BCUT2D eigenvalue weighted by Gasteiger charge is 2.37. The molecule has 0 N–H and O–H groups in total. The molecular weight excluding hydrogens is 406 g/mol. The number of fused-ring (bicyclic) bond motifs is 2. The first-order valence-corrected chi connectivity index (χ1v) is 10.3. The van der Waals surface area contributed by atoms with Crippen LogP contribution in [0.1, 0.15) is 10.9 Å². The Balaban J connectivity index is 1.78. The largest absolute Gasteiger partial charge is 0.497 e. The van der Waals surface area contributed by atoms with Crippen LogP contribution >= 0.6 is 11.8 Å². The molecule has 4 aromatic rings. The predicted molar refractivity (Wildman–Crippen MR) is 114 cm³/mol.